The van der Waals surface area contributed by atoms with Gasteiger partial charge in [-0.05, 0) is 26.1 Å². The van der Waals surface area contributed by atoms with Crippen LogP contribution in [0.25, 0.3) is 0 Å². The molecule has 0 aromatic carbocycles. The van der Waals surface area contributed by atoms with Gasteiger partial charge in [0.1, 0.15) is 11.0 Å². The van der Waals surface area contributed by atoms with Crippen LogP contribution >= 0.6 is 11.6 Å². The lowest BCUT2D eigenvalue weighted by molar-refractivity contribution is 0.288. The molecule has 0 bridgehead atoms. The molecule has 4 heteroatoms. The van der Waals surface area contributed by atoms with Gasteiger partial charge in [-0.15, -0.1) is 0 Å². The van der Waals surface area contributed by atoms with Crippen molar-refractivity contribution in [3.63, 3.8) is 0 Å². The first-order valence-corrected chi connectivity index (χ1v) is 5.26. The fourth-order valence-corrected chi connectivity index (χ4v) is 1.56. The standard InChI is InChI=1S/C10H16ClN3/c1-4-14(5-2)7-10-12-8(3)6-9(11)13-10/h6H,4-5,7H2,1-3H3. The third-order valence-electron chi connectivity index (χ3n) is 2.13. The predicted molar refractivity (Wildman–Crippen MR) is 58.4 cm³/mol. The lowest BCUT2D eigenvalue weighted by atomic mass is 10.4. The van der Waals surface area contributed by atoms with Crippen LogP contribution in [0.2, 0.25) is 5.15 Å². The van der Waals surface area contributed by atoms with E-state index in [1.54, 1.807) is 6.07 Å². The molecule has 14 heavy (non-hydrogen) atoms. The third-order valence-corrected chi connectivity index (χ3v) is 2.32. The average Bonchev–Trinajstić information content (AvgIpc) is 2.12. The van der Waals surface area contributed by atoms with E-state index in [1.165, 1.54) is 0 Å². The number of halogens is 1. The van der Waals surface area contributed by atoms with Crippen molar-refractivity contribution in [1.29, 1.82) is 0 Å². The number of rotatable bonds is 4. The van der Waals surface area contributed by atoms with Gasteiger partial charge >= 0.3 is 0 Å². The summed E-state index contributed by atoms with van der Waals surface area (Å²) in [5.74, 6) is 0.804. The topological polar surface area (TPSA) is 29.0 Å². The Labute approximate surface area is 90.1 Å². The Hall–Kier alpha value is -0.670. The minimum Gasteiger partial charge on any atom is -0.296 e. The average molecular weight is 214 g/mol. The van der Waals surface area contributed by atoms with E-state index in [4.69, 9.17) is 11.6 Å². The van der Waals surface area contributed by atoms with Crippen LogP contribution in [0, 0.1) is 6.92 Å². The molecule has 1 aromatic heterocycles. The summed E-state index contributed by atoms with van der Waals surface area (Å²) in [7, 11) is 0. The summed E-state index contributed by atoms with van der Waals surface area (Å²) in [5.41, 5.74) is 0.923. The fraction of sp³-hybridized carbons (Fsp3) is 0.600. The van der Waals surface area contributed by atoms with E-state index in [-0.39, 0.29) is 0 Å². The summed E-state index contributed by atoms with van der Waals surface area (Å²) in [5, 5.41) is 0.527. The molecule has 0 spiro atoms. The molecule has 0 N–H and O–H groups in total. The van der Waals surface area contributed by atoms with Gasteiger partial charge in [0.05, 0.1) is 6.54 Å². The van der Waals surface area contributed by atoms with Crippen LogP contribution in [0.3, 0.4) is 0 Å². The van der Waals surface area contributed by atoms with Gasteiger partial charge in [-0.3, -0.25) is 4.90 Å². The van der Waals surface area contributed by atoms with Crippen molar-refractivity contribution < 1.29 is 0 Å². The quantitative estimate of drug-likeness (QED) is 0.719. The first kappa shape index (κ1) is 11.4. The van der Waals surface area contributed by atoms with E-state index < -0.39 is 0 Å². The summed E-state index contributed by atoms with van der Waals surface area (Å²) < 4.78 is 0. The lowest BCUT2D eigenvalue weighted by Crippen LogP contribution is -2.23. The summed E-state index contributed by atoms with van der Waals surface area (Å²) in [6.07, 6.45) is 0. The van der Waals surface area contributed by atoms with Crippen molar-refractivity contribution in [3.05, 3.63) is 22.7 Å². The van der Waals surface area contributed by atoms with Gasteiger partial charge in [-0.25, -0.2) is 9.97 Å². The highest BCUT2D eigenvalue weighted by Gasteiger charge is 2.05. The molecule has 0 atom stereocenters. The van der Waals surface area contributed by atoms with E-state index in [2.05, 4.69) is 28.7 Å². The molecule has 0 unspecified atom stereocenters. The molecule has 0 fully saturated rings. The van der Waals surface area contributed by atoms with Crippen molar-refractivity contribution in [2.24, 2.45) is 0 Å². The van der Waals surface area contributed by atoms with Crippen LogP contribution in [-0.4, -0.2) is 28.0 Å². The van der Waals surface area contributed by atoms with Gasteiger partial charge in [0.25, 0.3) is 0 Å². The van der Waals surface area contributed by atoms with Crippen LogP contribution in [0.4, 0.5) is 0 Å². The molecule has 1 rings (SSSR count). The van der Waals surface area contributed by atoms with Crippen molar-refractivity contribution in [2.75, 3.05) is 13.1 Å². The maximum absolute atomic E-state index is 5.85. The summed E-state index contributed by atoms with van der Waals surface area (Å²) in [4.78, 5) is 10.8. The van der Waals surface area contributed by atoms with Crippen LogP contribution in [0.1, 0.15) is 25.4 Å². The Balaban J connectivity index is 2.75. The van der Waals surface area contributed by atoms with Gasteiger partial charge in [0.2, 0.25) is 0 Å². The van der Waals surface area contributed by atoms with Gasteiger partial charge in [-0.1, -0.05) is 25.4 Å². The van der Waals surface area contributed by atoms with E-state index in [9.17, 15) is 0 Å². The van der Waals surface area contributed by atoms with Crippen LogP contribution in [-0.2, 0) is 6.54 Å². The lowest BCUT2D eigenvalue weighted by Gasteiger charge is -2.16. The van der Waals surface area contributed by atoms with Crippen molar-refractivity contribution in [1.82, 2.24) is 14.9 Å². The second-order valence-electron chi connectivity index (χ2n) is 3.21. The van der Waals surface area contributed by atoms with Crippen LogP contribution < -0.4 is 0 Å². The fourth-order valence-electron chi connectivity index (χ4n) is 1.31. The maximum Gasteiger partial charge on any atom is 0.144 e. The van der Waals surface area contributed by atoms with E-state index in [0.29, 0.717) is 5.15 Å². The van der Waals surface area contributed by atoms with Crippen LogP contribution in [0.15, 0.2) is 6.07 Å². The minimum absolute atomic E-state index is 0.527. The van der Waals surface area contributed by atoms with Gasteiger partial charge in [0, 0.05) is 5.69 Å². The molecule has 0 saturated heterocycles. The second kappa shape index (κ2) is 5.27. The number of aryl methyl sites for hydroxylation is 1. The highest BCUT2D eigenvalue weighted by Crippen LogP contribution is 2.07. The zero-order valence-electron chi connectivity index (χ0n) is 8.92. The normalized spacial score (nSPS) is 10.9. The van der Waals surface area contributed by atoms with Crippen molar-refractivity contribution >= 4 is 11.6 Å². The largest absolute Gasteiger partial charge is 0.296 e. The molecular formula is C10H16ClN3. The Kier molecular flexibility index (Phi) is 4.29. The Morgan fingerprint density at radius 3 is 2.43 bits per heavy atom. The highest BCUT2D eigenvalue weighted by molar-refractivity contribution is 6.29. The molecule has 0 radical (unpaired) electrons. The molecule has 0 amide bonds. The smallest absolute Gasteiger partial charge is 0.144 e. The first-order chi connectivity index (χ1) is 6.65. The van der Waals surface area contributed by atoms with E-state index >= 15 is 0 Å². The number of nitrogens with zero attached hydrogens (tertiary/aromatic N) is 3. The molecular weight excluding hydrogens is 198 g/mol. The van der Waals surface area contributed by atoms with Gasteiger partial charge < -0.3 is 0 Å². The summed E-state index contributed by atoms with van der Waals surface area (Å²) >= 11 is 5.85. The van der Waals surface area contributed by atoms with Crippen LogP contribution in [0.5, 0.6) is 0 Å². The maximum atomic E-state index is 5.85. The molecule has 0 aliphatic rings. The van der Waals surface area contributed by atoms with Gasteiger partial charge in [0.15, 0.2) is 0 Å². The van der Waals surface area contributed by atoms with Crippen molar-refractivity contribution in [2.45, 2.75) is 27.3 Å². The highest BCUT2D eigenvalue weighted by atomic mass is 35.5. The Morgan fingerprint density at radius 1 is 1.29 bits per heavy atom. The van der Waals surface area contributed by atoms with Gasteiger partial charge in [-0.2, -0.15) is 0 Å². The number of hydrogen-bond acceptors (Lipinski definition) is 3. The molecule has 1 heterocycles. The Morgan fingerprint density at radius 2 is 1.93 bits per heavy atom. The molecule has 78 valence electrons. The van der Waals surface area contributed by atoms with E-state index in [0.717, 1.165) is 31.2 Å². The minimum atomic E-state index is 0.527. The molecule has 0 saturated carbocycles. The zero-order valence-corrected chi connectivity index (χ0v) is 9.67. The number of aromatic nitrogens is 2. The molecule has 0 aliphatic carbocycles. The SMILES string of the molecule is CCN(CC)Cc1nc(C)cc(Cl)n1. The zero-order chi connectivity index (χ0) is 10.6. The second-order valence-corrected chi connectivity index (χ2v) is 3.60. The molecule has 0 aliphatic heterocycles. The first-order valence-electron chi connectivity index (χ1n) is 4.88. The summed E-state index contributed by atoms with van der Waals surface area (Å²) in [6, 6.07) is 1.77. The van der Waals surface area contributed by atoms with Crippen molar-refractivity contribution in [3.8, 4) is 0 Å². The number of hydrogen-bond donors (Lipinski definition) is 0. The Bertz CT molecular complexity index is 277. The van der Waals surface area contributed by atoms with E-state index in [1.807, 2.05) is 6.92 Å². The predicted octanol–water partition coefficient (Wildman–Crippen LogP) is 2.28. The monoisotopic (exact) mass is 213 g/mol. The molecule has 3 nitrogen and oxygen atoms in total. The molecule has 1 aromatic rings. The summed E-state index contributed by atoms with van der Waals surface area (Å²) in [6.45, 7) is 8.96. The third kappa shape index (κ3) is 3.24.